The zero-order valence-electron chi connectivity index (χ0n) is 7.58. The standard InChI is InChI=1S/C8H9FN4O2/c9-6-2-4(7(14)12-10)1-5(3-6)8(15)13-11/h1-3H,10-11H2,(H,12,14)(H,13,15). The van der Waals surface area contributed by atoms with Gasteiger partial charge in [0.25, 0.3) is 11.8 Å². The fourth-order valence-electron chi connectivity index (χ4n) is 1.02. The van der Waals surface area contributed by atoms with Gasteiger partial charge in [-0.05, 0) is 18.2 Å². The fraction of sp³-hybridized carbons (Fsp3) is 0. The number of rotatable bonds is 2. The molecule has 6 nitrogen and oxygen atoms in total. The highest BCUT2D eigenvalue weighted by Gasteiger charge is 2.11. The van der Waals surface area contributed by atoms with E-state index in [-0.39, 0.29) is 11.1 Å². The first-order valence-corrected chi connectivity index (χ1v) is 3.91. The van der Waals surface area contributed by atoms with Gasteiger partial charge >= 0.3 is 0 Å². The van der Waals surface area contributed by atoms with Gasteiger partial charge in [-0.2, -0.15) is 0 Å². The van der Waals surface area contributed by atoms with E-state index in [9.17, 15) is 14.0 Å². The van der Waals surface area contributed by atoms with E-state index in [0.717, 1.165) is 12.1 Å². The van der Waals surface area contributed by atoms with Crippen molar-refractivity contribution in [3.05, 3.63) is 35.1 Å². The number of amides is 2. The summed E-state index contributed by atoms with van der Waals surface area (Å²) < 4.78 is 13.0. The average molecular weight is 212 g/mol. The summed E-state index contributed by atoms with van der Waals surface area (Å²) in [6.07, 6.45) is 0. The van der Waals surface area contributed by atoms with E-state index >= 15 is 0 Å². The van der Waals surface area contributed by atoms with Crippen LogP contribution in [0.5, 0.6) is 0 Å². The summed E-state index contributed by atoms with van der Waals surface area (Å²) in [6.45, 7) is 0. The molecule has 0 aromatic heterocycles. The van der Waals surface area contributed by atoms with E-state index in [1.807, 2.05) is 10.9 Å². The van der Waals surface area contributed by atoms with Crippen molar-refractivity contribution < 1.29 is 14.0 Å². The number of carbonyl (C=O) groups is 2. The Labute approximate surface area is 84.4 Å². The van der Waals surface area contributed by atoms with E-state index in [1.54, 1.807) is 0 Å². The van der Waals surface area contributed by atoms with E-state index in [4.69, 9.17) is 11.7 Å². The summed E-state index contributed by atoms with van der Waals surface area (Å²) in [5.41, 5.74) is 3.53. The zero-order valence-corrected chi connectivity index (χ0v) is 7.58. The van der Waals surface area contributed by atoms with Crippen molar-refractivity contribution in [2.75, 3.05) is 0 Å². The van der Waals surface area contributed by atoms with Crippen molar-refractivity contribution in [1.82, 2.24) is 10.9 Å². The molecule has 0 saturated carbocycles. The summed E-state index contributed by atoms with van der Waals surface area (Å²) in [7, 11) is 0. The van der Waals surface area contributed by atoms with Gasteiger partial charge in [0, 0.05) is 11.1 Å². The van der Waals surface area contributed by atoms with Gasteiger partial charge in [0.05, 0.1) is 0 Å². The van der Waals surface area contributed by atoms with Gasteiger partial charge in [0.15, 0.2) is 0 Å². The molecule has 0 spiro atoms. The van der Waals surface area contributed by atoms with Gasteiger partial charge in [0.1, 0.15) is 5.82 Å². The molecule has 15 heavy (non-hydrogen) atoms. The number of nitrogens with one attached hydrogen (secondary N) is 2. The Balaban J connectivity index is 3.16. The average Bonchev–Trinajstić information content (AvgIpc) is 2.26. The van der Waals surface area contributed by atoms with Crippen LogP contribution in [0, 0.1) is 5.82 Å². The molecule has 6 N–H and O–H groups in total. The van der Waals surface area contributed by atoms with Crippen LogP contribution in [0.4, 0.5) is 4.39 Å². The Morgan fingerprint density at radius 2 is 1.40 bits per heavy atom. The largest absolute Gasteiger partial charge is 0.290 e. The third kappa shape index (κ3) is 2.48. The van der Waals surface area contributed by atoms with Gasteiger partial charge in [-0.25, -0.2) is 16.1 Å². The van der Waals surface area contributed by atoms with Crippen molar-refractivity contribution in [3.8, 4) is 0 Å². The van der Waals surface area contributed by atoms with Gasteiger partial charge in [-0.15, -0.1) is 0 Å². The lowest BCUT2D eigenvalue weighted by Gasteiger charge is -2.03. The van der Waals surface area contributed by atoms with Crippen molar-refractivity contribution in [1.29, 1.82) is 0 Å². The van der Waals surface area contributed by atoms with Gasteiger partial charge in [-0.1, -0.05) is 0 Å². The molecule has 0 aliphatic heterocycles. The highest BCUT2D eigenvalue weighted by atomic mass is 19.1. The maximum Gasteiger partial charge on any atom is 0.265 e. The van der Waals surface area contributed by atoms with Crippen LogP contribution >= 0.6 is 0 Å². The minimum Gasteiger partial charge on any atom is -0.290 e. The number of hydrogen-bond acceptors (Lipinski definition) is 4. The first kappa shape index (κ1) is 11.1. The van der Waals surface area contributed by atoms with Crippen LogP contribution in [0.1, 0.15) is 20.7 Å². The summed E-state index contributed by atoms with van der Waals surface area (Å²) >= 11 is 0. The first-order valence-electron chi connectivity index (χ1n) is 3.91. The SMILES string of the molecule is NNC(=O)c1cc(F)cc(C(=O)NN)c1. The van der Waals surface area contributed by atoms with Crippen molar-refractivity contribution >= 4 is 11.8 Å². The smallest absolute Gasteiger partial charge is 0.265 e. The van der Waals surface area contributed by atoms with Crippen LogP contribution in [0.25, 0.3) is 0 Å². The van der Waals surface area contributed by atoms with Crippen molar-refractivity contribution in [2.24, 2.45) is 11.7 Å². The van der Waals surface area contributed by atoms with E-state index in [1.165, 1.54) is 6.07 Å². The van der Waals surface area contributed by atoms with Crippen LogP contribution < -0.4 is 22.5 Å². The first-order chi connectivity index (χ1) is 7.08. The second kappa shape index (κ2) is 4.49. The van der Waals surface area contributed by atoms with Crippen LogP contribution in [0.15, 0.2) is 18.2 Å². The molecule has 1 rings (SSSR count). The topological polar surface area (TPSA) is 110 Å². The highest BCUT2D eigenvalue weighted by Crippen LogP contribution is 2.09. The van der Waals surface area contributed by atoms with Crippen LogP contribution in [-0.4, -0.2) is 11.8 Å². The molecule has 1 aromatic carbocycles. The number of nitrogens with two attached hydrogens (primary N) is 2. The number of hydrogen-bond donors (Lipinski definition) is 4. The highest BCUT2D eigenvalue weighted by molar-refractivity contribution is 5.99. The quantitative estimate of drug-likeness (QED) is 0.287. The number of hydrazine groups is 2. The Hall–Kier alpha value is -1.99. The predicted octanol–water partition coefficient (Wildman–Crippen LogP) is -0.967. The summed E-state index contributed by atoms with van der Waals surface area (Å²) in [4.78, 5) is 22.1. The molecular formula is C8H9FN4O2. The maximum atomic E-state index is 13.0. The molecule has 0 unspecified atom stereocenters. The third-order valence-electron chi connectivity index (χ3n) is 1.68. The predicted molar refractivity (Wildman–Crippen MR) is 49.7 cm³/mol. The second-order valence-corrected chi connectivity index (χ2v) is 2.68. The molecular weight excluding hydrogens is 203 g/mol. The Morgan fingerprint density at radius 3 is 1.73 bits per heavy atom. The molecule has 0 heterocycles. The molecule has 80 valence electrons. The number of carbonyl (C=O) groups excluding carboxylic acids is 2. The Kier molecular flexibility index (Phi) is 3.32. The molecule has 0 atom stereocenters. The van der Waals surface area contributed by atoms with E-state index in [2.05, 4.69) is 0 Å². The van der Waals surface area contributed by atoms with Crippen LogP contribution in [-0.2, 0) is 0 Å². The molecule has 0 aliphatic carbocycles. The summed E-state index contributed by atoms with van der Waals surface area (Å²) in [6, 6.07) is 3.08. The van der Waals surface area contributed by atoms with Crippen LogP contribution in [0.2, 0.25) is 0 Å². The molecule has 0 fully saturated rings. The third-order valence-corrected chi connectivity index (χ3v) is 1.68. The molecule has 0 saturated heterocycles. The number of nitrogen functional groups attached to an aromatic ring is 2. The summed E-state index contributed by atoms with van der Waals surface area (Å²) in [5, 5.41) is 0. The van der Waals surface area contributed by atoms with Gasteiger partial charge in [-0.3, -0.25) is 20.4 Å². The maximum absolute atomic E-state index is 13.0. The van der Waals surface area contributed by atoms with Crippen molar-refractivity contribution in [3.63, 3.8) is 0 Å². The lowest BCUT2D eigenvalue weighted by atomic mass is 10.1. The second-order valence-electron chi connectivity index (χ2n) is 2.68. The minimum absolute atomic E-state index is 0.0592. The lowest BCUT2D eigenvalue weighted by molar-refractivity contribution is 0.0953. The molecule has 1 aromatic rings. The molecule has 0 radical (unpaired) electrons. The Bertz CT molecular complexity index is 373. The molecule has 7 heteroatoms. The lowest BCUT2D eigenvalue weighted by Crippen LogP contribution is -2.32. The summed E-state index contributed by atoms with van der Waals surface area (Å²) in [5.74, 6) is 7.62. The molecule has 2 amide bonds. The van der Waals surface area contributed by atoms with E-state index < -0.39 is 17.6 Å². The molecule has 0 bridgehead atoms. The number of halogens is 1. The molecule has 0 aliphatic rings. The van der Waals surface area contributed by atoms with Gasteiger partial charge < -0.3 is 0 Å². The number of benzene rings is 1. The van der Waals surface area contributed by atoms with Crippen molar-refractivity contribution in [2.45, 2.75) is 0 Å². The van der Waals surface area contributed by atoms with Crippen LogP contribution in [0.3, 0.4) is 0 Å². The zero-order chi connectivity index (χ0) is 11.4. The fourth-order valence-corrected chi connectivity index (χ4v) is 1.02. The monoisotopic (exact) mass is 212 g/mol. The van der Waals surface area contributed by atoms with Gasteiger partial charge in [0.2, 0.25) is 0 Å². The minimum atomic E-state index is -0.727. The normalized spacial score (nSPS) is 9.53. The Morgan fingerprint density at radius 1 is 1.00 bits per heavy atom. The van der Waals surface area contributed by atoms with E-state index in [0.29, 0.717) is 0 Å².